The fourth-order valence-corrected chi connectivity index (χ4v) is 2.71. The fourth-order valence-electron chi connectivity index (χ4n) is 2.71. The van der Waals surface area contributed by atoms with Crippen LogP contribution in [0.4, 0.5) is 4.39 Å². The Morgan fingerprint density at radius 2 is 2.35 bits per heavy atom. The number of aliphatic hydroxyl groups excluding tert-OH is 1. The van der Waals surface area contributed by atoms with Gasteiger partial charge in [-0.15, -0.1) is 0 Å². The van der Waals surface area contributed by atoms with Crippen molar-refractivity contribution in [3.05, 3.63) is 29.6 Å². The van der Waals surface area contributed by atoms with Gasteiger partial charge in [0, 0.05) is 19.7 Å². The zero-order chi connectivity index (χ0) is 14.5. The lowest BCUT2D eigenvalue weighted by Gasteiger charge is -2.33. The normalized spacial score (nSPS) is 18.9. The molecule has 0 spiro atoms. The lowest BCUT2D eigenvalue weighted by atomic mass is 9.94. The SMILES string of the molecule is COc1cccc(F)c1C(=O)N1CCCC(CCO)C1. The third-order valence-electron chi connectivity index (χ3n) is 3.75. The largest absolute Gasteiger partial charge is 0.496 e. The summed E-state index contributed by atoms with van der Waals surface area (Å²) in [5.41, 5.74) is -0.000325. The van der Waals surface area contributed by atoms with Gasteiger partial charge in [0.1, 0.15) is 17.1 Å². The molecule has 1 aliphatic rings. The van der Waals surface area contributed by atoms with Crippen LogP contribution in [0.25, 0.3) is 0 Å². The van der Waals surface area contributed by atoms with Gasteiger partial charge >= 0.3 is 0 Å². The van der Waals surface area contributed by atoms with Crippen LogP contribution in [0.1, 0.15) is 29.6 Å². The Morgan fingerprint density at radius 1 is 1.55 bits per heavy atom. The van der Waals surface area contributed by atoms with Crippen LogP contribution in [0.2, 0.25) is 0 Å². The van der Waals surface area contributed by atoms with Crippen LogP contribution in [-0.2, 0) is 0 Å². The first-order valence-corrected chi connectivity index (χ1v) is 6.90. The number of carbonyl (C=O) groups is 1. The molecule has 1 amide bonds. The van der Waals surface area contributed by atoms with E-state index in [2.05, 4.69) is 0 Å². The molecule has 1 unspecified atom stereocenters. The number of benzene rings is 1. The van der Waals surface area contributed by atoms with Crippen LogP contribution < -0.4 is 4.74 Å². The number of nitrogens with zero attached hydrogens (tertiary/aromatic N) is 1. The Morgan fingerprint density at radius 3 is 3.05 bits per heavy atom. The van der Waals surface area contributed by atoms with E-state index in [0.717, 1.165) is 12.8 Å². The summed E-state index contributed by atoms with van der Waals surface area (Å²) in [5, 5.41) is 9.00. The molecule has 1 heterocycles. The zero-order valence-corrected chi connectivity index (χ0v) is 11.6. The highest BCUT2D eigenvalue weighted by Gasteiger charge is 2.27. The minimum atomic E-state index is -0.557. The van der Waals surface area contributed by atoms with Crippen LogP contribution in [0.3, 0.4) is 0 Å². The molecule has 0 saturated carbocycles. The monoisotopic (exact) mass is 281 g/mol. The summed E-state index contributed by atoms with van der Waals surface area (Å²) in [6, 6.07) is 4.38. The summed E-state index contributed by atoms with van der Waals surface area (Å²) in [5.74, 6) is -0.337. The first-order valence-electron chi connectivity index (χ1n) is 6.90. The number of likely N-dealkylation sites (tertiary alicyclic amines) is 1. The van der Waals surface area contributed by atoms with Crippen LogP contribution in [-0.4, -0.2) is 42.7 Å². The highest BCUT2D eigenvalue weighted by atomic mass is 19.1. The van der Waals surface area contributed by atoms with Gasteiger partial charge in [-0.1, -0.05) is 6.07 Å². The van der Waals surface area contributed by atoms with Gasteiger partial charge in [-0.2, -0.15) is 0 Å². The van der Waals surface area contributed by atoms with E-state index in [0.29, 0.717) is 19.5 Å². The van der Waals surface area contributed by atoms with E-state index in [1.165, 1.54) is 19.2 Å². The van der Waals surface area contributed by atoms with Crippen molar-refractivity contribution >= 4 is 5.91 Å². The van der Waals surface area contributed by atoms with E-state index >= 15 is 0 Å². The molecule has 1 saturated heterocycles. The van der Waals surface area contributed by atoms with Gasteiger partial charge in [0.2, 0.25) is 0 Å². The van der Waals surface area contributed by atoms with Crippen molar-refractivity contribution in [2.24, 2.45) is 5.92 Å². The van der Waals surface area contributed by atoms with E-state index in [1.807, 2.05) is 0 Å². The molecule has 1 aliphatic heterocycles. The molecule has 5 heteroatoms. The summed E-state index contributed by atoms with van der Waals surface area (Å²) in [4.78, 5) is 14.2. The molecule has 110 valence electrons. The molecule has 1 fully saturated rings. The van der Waals surface area contributed by atoms with E-state index in [-0.39, 0.29) is 29.7 Å². The van der Waals surface area contributed by atoms with Gasteiger partial charge in [0.15, 0.2) is 0 Å². The van der Waals surface area contributed by atoms with Gasteiger partial charge in [0.05, 0.1) is 7.11 Å². The first kappa shape index (κ1) is 14.8. The standard InChI is InChI=1S/C15H20FNO3/c1-20-13-6-2-5-12(16)14(13)15(19)17-8-3-4-11(10-17)7-9-18/h2,5-6,11,18H,3-4,7-10H2,1H3. The molecular weight excluding hydrogens is 261 g/mol. The highest BCUT2D eigenvalue weighted by Crippen LogP contribution is 2.26. The minimum Gasteiger partial charge on any atom is -0.496 e. The lowest BCUT2D eigenvalue weighted by Crippen LogP contribution is -2.40. The Balaban J connectivity index is 2.18. The van der Waals surface area contributed by atoms with Crippen LogP contribution in [0.5, 0.6) is 5.75 Å². The first-order chi connectivity index (χ1) is 9.67. The number of piperidine rings is 1. The second kappa shape index (κ2) is 6.70. The molecule has 20 heavy (non-hydrogen) atoms. The van der Waals surface area contributed by atoms with E-state index in [4.69, 9.17) is 9.84 Å². The maximum atomic E-state index is 13.9. The van der Waals surface area contributed by atoms with Gasteiger partial charge in [0.25, 0.3) is 5.91 Å². The fraction of sp³-hybridized carbons (Fsp3) is 0.533. The number of methoxy groups -OCH3 is 1. The van der Waals surface area contributed by atoms with Gasteiger partial charge in [-0.3, -0.25) is 4.79 Å². The predicted molar refractivity (Wildman–Crippen MR) is 73.3 cm³/mol. The van der Waals surface area contributed by atoms with E-state index in [1.54, 1.807) is 11.0 Å². The van der Waals surface area contributed by atoms with Crippen molar-refractivity contribution in [2.75, 3.05) is 26.8 Å². The van der Waals surface area contributed by atoms with Gasteiger partial charge < -0.3 is 14.7 Å². The molecule has 4 nitrogen and oxygen atoms in total. The van der Waals surface area contributed by atoms with E-state index < -0.39 is 5.82 Å². The number of aliphatic hydroxyl groups is 1. The molecule has 0 aromatic heterocycles. The molecular formula is C15H20FNO3. The van der Waals surface area contributed by atoms with Crippen molar-refractivity contribution < 1.29 is 19.0 Å². The Labute approximate surface area is 118 Å². The third kappa shape index (κ3) is 3.10. The lowest BCUT2D eigenvalue weighted by molar-refractivity contribution is 0.0645. The van der Waals surface area contributed by atoms with Crippen LogP contribution in [0, 0.1) is 11.7 Å². The molecule has 0 aliphatic carbocycles. The number of rotatable bonds is 4. The smallest absolute Gasteiger partial charge is 0.260 e. The Kier molecular flexibility index (Phi) is 4.95. The van der Waals surface area contributed by atoms with Crippen LogP contribution in [0.15, 0.2) is 18.2 Å². The molecule has 1 aromatic carbocycles. The summed E-state index contributed by atoms with van der Waals surface area (Å²) in [6.45, 7) is 1.31. The van der Waals surface area contributed by atoms with Crippen molar-refractivity contribution in [3.63, 3.8) is 0 Å². The van der Waals surface area contributed by atoms with Crippen molar-refractivity contribution in [3.8, 4) is 5.75 Å². The number of halogens is 1. The highest BCUT2D eigenvalue weighted by molar-refractivity contribution is 5.97. The number of carbonyl (C=O) groups excluding carboxylic acids is 1. The number of ether oxygens (including phenoxy) is 1. The van der Waals surface area contributed by atoms with Gasteiger partial charge in [-0.05, 0) is 37.3 Å². The van der Waals surface area contributed by atoms with Gasteiger partial charge in [-0.25, -0.2) is 4.39 Å². The Bertz CT molecular complexity index is 476. The molecule has 1 atom stereocenters. The topological polar surface area (TPSA) is 49.8 Å². The van der Waals surface area contributed by atoms with Crippen molar-refractivity contribution in [1.29, 1.82) is 0 Å². The maximum absolute atomic E-state index is 13.9. The molecule has 1 aromatic rings. The summed E-state index contributed by atoms with van der Waals surface area (Å²) in [7, 11) is 1.43. The quantitative estimate of drug-likeness (QED) is 0.919. The molecule has 1 N–H and O–H groups in total. The maximum Gasteiger partial charge on any atom is 0.260 e. The Hall–Kier alpha value is -1.62. The minimum absolute atomic E-state index is 0.000325. The number of amides is 1. The van der Waals surface area contributed by atoms with Crippen LogP contribution >= 0.6 is 0 Å². The zero-order valence-electron chi connectivity index (χ0n) is 11.6. The molecule has 0 radical (unpaired) electrons. The average molecular weight is 281 g/mol. The van der Waals surface area contributed by atoms with Crippen molar-refractivity contribution in [1.82, 2.24) is 4.90 Å². The second-order valence-corrected chi connectivity index (χ2v) is 5.09. The average Bonchev–Trinajstić information content (AvgIpc) is 2.47. The molecule has 0 bridgehead atoms. The number of hydrogen-bond donors (Lipinski definition) is 1. The second-order valence-electron chi connectivity index (χ2n) is 5.09. The summed E-state index contributed by atoms with van der Waals surface area (Å²) >= 11 is 0. The summed E-state index contributed by atoms with van der Waals surface area (Å²) in [6.07, 6.45) is 2.56. The molecule has 2 rings (SSSR count). The third-order valence-corrected chi connectivity index (χ3v) is 3.75. The van der Waals surface area contributed by atoms with Crippen molar-refractivity contribution in [2.45, 2.75) is 19.3 Å². The summed E-state index contributed by atoms with van der Waals surface area (Å²) < 4.78 is 19.0. The number of hydrogen-bond acceptors (Lipinski definition) is 3. The van der Waals surface area contributed by atoms with E-state index in [9.17, 15) is 9.18 Å². The predicted octanol–water partition coefficient (Wildman–Crippen LogP) is 2.07.